The summed E-state index contributed by atoms with van der Waals surface area (Å²) < 4.78 is 36.0. The summed E-state index contributed by atoms with van der Waals surface area (Å²) in [6, 6.07) is 0.0146. The van der Waals surface area contributed by atoms with Gasteiger partial charge in [0.05, 0.1) is 6.42 Å². The Kier molecular flexibility index (Phi) is 4.80. The van der Waals surface area contributed by atoms with Gasteiger partial charge in [0.2, 0.25) is 5.91 Å². The van der Waals surface area contributed by atoms with E-state index in [4.69, 9.17) is 5.73 Å². The van der Waals surface area contributed by atoms with E-state index >= 15 is 0 Å². The predicted molar refractivity (Wildman–Crippen MR) is 58.2 cm³/mol. The van der Waals surface area contributed by atoms with Crippen LogP contribution in [0.15, 0.2) is 0 Å². The summed E-state index contributed by atoms with van der Waals surface area (Å²) in [5, 5.41) is 0. The van der Waals surface area contributed by atoms with Crippen LogP contribution in [-0.4, -0.2) is 36.6 Å². The molecule has 1 fully saturated rings. The van der Waals surface area contributed by atoms with Gasteiger partial charge in [-0.3, -0.25) is 4.79 Å². The van der Waals surface area contributed by atoms with Gasteiger partial charge in [-0.25, -0.2) is 0 Å². The third-order valence-electron chi connectivity index (χ3n) is 3.43. The minimum atomic E-state index is -4.26. The molecule has 2 atom stereocenters. The molecule has 6 heteroatoms. The molecule has 0 aromatic heterocycles. The van der Waals surface area contributed by atoms with Gasteiger partial charge in [0.15, 0.2) is 0 Å². The lowest BCUT2D eigenvalue weighted by atomic mass is 10.0. The van der Waals surface area contributed by atoms with Gasteiger partial charge < -0.3 is 10.6 Å². The van der Waals surface area contributed by atoms with Gasteiger partial charge in [0.1, 0.15) is 0 Å². The van der Waals surface area contributed by atoms with Crippen LogP contribution in [-0.2, 0) is 4.79 Å². The second-order valence-corrected chi connectivity index (χ2v) is 4.61. The van der Waals surface area contributed by atoms with E-state index in [9.17, 15) is 18.0 Å². The van der Waals surface area contributed by atoms with E-state index in [0.29, 0.717) is 6.54 Å². The molecule has 0 radical (unpaired) electrons. The normalized spacial score (nSPS) is 25.0. The first kappa shape index (κ1) is 14.3. The molecule has 0 heterocycles. The Morgan fingerprint density at radius 2 is 2.06 bits per heavy atom. The highest BCUT2D eigenvalue weighted by molar-refractivity contribution is 5.76. The lowest BCUT2D eigenvalue weighted by Gasteiger charge is -2.29. The van der Waals surface area contributed by atoms with Crippen molar-refractivity contribution in [3.8, 4) is 0 Å². The van der Waals surface area contributed by atoms with E-state index in [1.54, 1.807) is 7.05 Å². The van der Waals surface area contributed by atoms with Gasteiger partial charge in [0, 0.05) is 19.5 Å². The van der Waals surface area contributed by atoms with E-state index in [2.05, 4.69) is 0 Å². The number of amides is 1. The summed E-state index contributed by atoms with van der Waals surface area (Å²) >= 11 is 0. The fourth-order valence-electron chi connectivity index (χ4n) is 2.41. The van der Waals surface area contributed by atoms with Crippen LogP contribution in [0.25, 0.3) is 0 Å². The van der Waals surface area contributed by atoms with E-state index < -0.39 is 24.9 Å². The zero-order valence-electron chi connectivity index (χ0n) is 9.96. The Morgan fingerprint density at radius 1 is 1.41 bits per heavy atom. The number of rotatable bonds is 4. The molecular weight excluding hydrogens is 233 g/mol. The standard InChI is InChI=1S/C11H19F3N2O/c1-16(9-4-2-3-8(9)7-15)10(17)5-6-11(12,13)14/h8-9H,2-7,15H2,1H3. The summed E-state index contributed by atoms with van der Waals surface area (Å²) in [6.07, 6.45) is -2.99. The van der Waals surface area contributed by atoms with Gasteiger partial charge in [-0.15, -0.1) is 0 Å². The summed E-state index contributed by atoms with van der Waals surface area (Å²) in [4.78, 5) is 13.1. The molecule has 17 heavy (non-hydrogen) atoms. The number of carbonyl (C=O) groups is 1. The molecule has 0 aliphatic heterocycles. The molecule has 0 bridgehead atoms. The smallest absolute Gasteiger partial charge is 0.342 e. The highest BCUT2D eigenvalue weighted by Gasteiger charge is 2.33. The molecule has 0 aromatic rings. The van der Waals surface area contributed by atoms with Crippen molar-refractivity contribution in [1.82, 2.24) is 4.90 Å². The van der Waals surface area contributed by atoms with E-state index in [0.717, 1.165) is 19.3 Å². The molecule has 0 saturated heterocycles. The maximum absolute atomic E-state index is 12.0. The molecule has 1 saturated carbocycles. The summed E-state index contributed by atoms with van der Waals surface area (Å²) in [7, 11) is 1.58. The van der Waals surface area contributed by atoms with Crippen LogP contribution in [0.4, 0.5) is 13.2 Å². The highest BCUT2D eigenvalue weighted by atomic mass is 19.4. The van der Waals surface area contributed by atoms with Crippen molar-refractivity contribution >= 4 is 5.91 Å². The lowest BCUT2D eigenvalue weighted by Crippen LogP contribution is -2.41. The van der Waals surface area contributed by atoms with Gasteiger partial charge in [0.25, 0.3) is 0 Å². The zero-order chi connectivity index (χ0) is 13.1. The highest BCUT2D eigenvalue weighted by Crippen LogP contribution is 2.29. The first-order valence-electron chi connectivity index (χ1n) is 5.87. The summed E-state index contributed by atoms with van der Waals surface area (Å²) in [6.45, 7) is 0.488. The second-order valence-electron chi connectivity index (χ2n) is 4.61. The van der Waals surface area contributed by atoms with Gasteiger partial charge in [-0.1, -0.05) is 6.42 Å². The molecule has 1 amide bonds. The first-order valence-corrected chi connectivity index (χ1v) is 5.87. The van der Waals surface area contributed by atoms with Gasteiger partial charge in [-0.05, 0) is 25.3 Å². The number of nitrogens with zero attached hydrogens (tertiary/aromatic N) is 1. The van der Waals surface area contributed by atoms with E-state index in [-0.39, 0.29) is 12.0 Å². The second kappa shape index (κ2) is 5.71. The average Bonchev–Trinajstić information content (AvgIpc) is 2.71. The van der Waals surface area contributed by atoms with Crippen LogP contribution in [0.1, 0.15) is 32.1 Å². The molecule has 1 aliphatic carbocycles. The maximum atomic E-state index is 12.0. The van der Waals surface area contributed by atoms with Gasteiger partial charge >= 0.3 is 6.18 Å². The predicted octanol–water partition coefficient (Wildman–Crippen LogP) is 1.91. The number of alkyl halides is 3. The van der Waals surface area contributed by atoms with Crippen LogP contribution in [0.3, 0.4) is 0 Å². The van der Waals surface area contributed by atoms with Crippen molar-refractivity contribution < 1.29 is 18.0 Å². The van der Waals surface area contributed by atoms with Crippen molar-refractivity contribution in [3.05, 3.63) is 0 Å². The molecular formula is C11H19F3N2O. The molecule has 100 valence electrons. The fourth-order valence-corrected chi connectivity index (χ4v) is 2.41. The molecule has 3 nitrogen and oxygen atoms in total. The van der Waals surface area contributed by atoms with Crippen molar-refractivity contribution in [1.29, 1.82) is 0 Å². The Labute approximate surface area is 99.1 Å². The molecule has 1 aliphatic rings. The molecule has 2 N–H and O–H groups in total. The van der Waals surface area contributed by atoms with Crippen LogP contribution in [0.5, 0.6) is 0 Å². The fraction of sp³-hybridized carbons (Fsp3) is 0.909. The number of hydrogen-bond acceptors (Lipinski definition) is 2. The molecule has 1 rings (SSSR count). The summed E-state index contributed by atoms with van der Waals surface area (Å²) in [5.74, 6) is -0.206. The minimum absolute atomic E-state index is 0.0146. The Morgan fingerprint density at radius 3 is 2.59 bits per heavy atom. The van der Waals surface area contributed by atoms with Crippen LogP contribution < -0.4 is 5.73 Å². The lowest BCUT2D eigenvalue weighted by molar-refractivity contribution is -0.149. The Bertz CT molecular complexity index is 268. The topological polar surface area (TPSA) is 46.3 Å². The molecule has 2 unspecified atom stereocenters. The quantitative estimate of drug-likeness (QED) is 0.830. The van der Waals surface area contributed by atoms with E-state index in [1.807, 2.05) is 0 Å². The number of nitrogens with two attached hydrogens (primary N) is 1. The van der Waals surface area contributed by atoms with Gasteiger partial charge in [-0.2, -0.15) is 13.2 Å². The SMILES string of the molecule is CN(C(=O)CCC(F)(F)F)C1CCCC1CN. The zero-order valence-corrected chi connectivity index (χ0v) is 9.96. The summed E-state index contributed by atoms with van der Waals surface area (Å²) in [5.41, 5.74) is 5.59. The number of hydrogen-bond donors (Lipinski definition) is 1. The van der Waals surface area contributed by atoms with Crippen LogP contribution in [0, 0.1) is 5.92 Å². The van der Waals surface area contributed by atoms with Crippen molar-refractivity contribution in [2.45, 2.75) is 44.3 Å². The van der Waals surface area contributed by atoms with Crippen molar-refractivity contribution in [3.63, 3.8) is 0 Å². The monoisotopic (exact) mass is 252 g/mol. The molecule has 0 aromatic carbocycles. The third-order valence-corrected chi connectivity index (χ3v) is 3.43. The maximum Gasteiger partial charge on any atom is 0.389 e. The van der Waals surface area contributed by atoms with E-state index in [1.165, 1.54) is 4.90 Å². The average molecular weight is 252 g/mol. The number of carbonyl (C=O) groups excluding carboxylic acids is 1. The van der Waals surface area contributed by atoms with Crippen LogP contribution >= 0.6 is 0 Å². The largest absolute Gasteiger partial charge is 0.389 e. The Hall–Kier alpha value is -0.780. The first-order chi connectivity index (χ1) is 7.85. The minimum Gasteiger partial charge on any atom is -0.342 e. The Balaban J connectivity index is 2.46. The van der Waals surface area contributed by atoms with Crippen molar-refractivity contribution in [2.75, 3.05) is 13.6 Å². The third kappa shape index (κ3) is 4.18. The van der Waals surface area contributed by atoms with Crippen LogP contribution in [0.2, 0.25) is 0 Å². The number of halogens is 3. The van der Waals surface area contributed by atoms with Crippen molar-refractivity contribution in [2.24, 2.45) is 11.7 Å². The molecule has 0 spiro atoms.